The molecule has 210 valence electrons. The molecule has 8 nitrogen and oxygen atoms in total. The summed E-state index contributed by atoms with van der Waals surface area (Å²) in [6.45, 7) is 10.9. The van der Waals surface area contributed by atoms with E-state index in [1.807, 2.05) is 24.3 Å². The Morgan fingerprint density at radius 2 is 1.69 bits per heavy atom. The van der Waals surface area contributed by atoms with Crippen LogP contribution in [0.25, 0.3) is 5.76 Å². The van der Waals surface area contributed by atoms with Gasteiger partial charge in [-0.2, -0.15) is 0 Å². The monoisotopic (exact) mass is 536 g/mol. The molecular formula is C31H40N2O6. The van der Waals surface area contributed by atoms with Crippen LogP contribution in [0.4, 0.5) is 0 Å². The fraction of sp³-hybridized carbons (Fsp3) is 0.484. The lowest BCUT2D eigenvalue weighted by Gasteiger charge is -2.27. The molecule has 39 heavy (non-hydrogen) atoms. The summed E-state index contributed by atoms with van der Waals surface area (Å²) in [5.74, 6) is 0.316. The molecule has 2 aromatic rings. The minimum Gasteiger partial charge on any atom is -0.507 e. The van der Waals surface area contributed by atoms with Crippen molar-refractivity contribution in [3.63, 3.8) is 0 Å². The Bertz CT molecular complexity index is 1170. The van der Waals surface area contributed by atoms with Gasteiger partial charge in [-0.05, 0) is 68.4 Å². The van der Waals surface area contributed by atoms with Gasteiger partial charge in [-0.3, -0.25) is 9.59 Å². The van der Waals surface area contributed by atoms with Crippen molar-refractivity contribution in [3.05, 3.63) is 59.2 Å². The molecule has 2 aliphatic heterocycles. The number of ketones is 1. The van der Waals surface area contributed by atoms with Crippen LogP contribution < -0.4 is 14.2 Å². The second kappa shape index (κ2) is 13.5. The number of aliphatic hydroxyl groups is 1. The molecule has 2 heterocycles. The van der Waals surface area contributed by atoms with Crippen molar-refractivity contribution in [1.82, 2.24) is 9.80 Å². The van der Waals surface area contributed by atoms with Crippen molar-refractivity contribution in [2.45, 2.75) is 52.5 Å². The van der Waals surface area contributed by atoms with E-state index in [2.05, 4.69) is 25.7 Å². The van der Waals surface area contributed by atoms with Gasteiger partial charge in [-0.25, -0.2) is 0 Å². The quantitative estimate of drug-likeness (QED) is 0.163. The second-order valence-corrected chi connectivity index (χ2v) is 9.86. The van der Waals surface area contributed by atoms with Crippen LogP contribution in [0.15, 0.2) is 48.0 Å². The van der Waals surface area contributed by atoms with Gasteiger partial charge < -0.3 is 29.1 Å². The standard InChI is InChI=1S/C31H40N2O6/c1-4-7-8-18-37-24-13-10-22(11-14-24)28-27(29(34)23-12-15-25-26(21-23)39-20-19-38-25)30(35)31(36)33(28)17-9-16-32(5-2)6-3/h10-15,21,28,34H,4-9,16-20H2,1-3H3/t28-/m1/s1. The summed E-state index contributed by atoms with van der Waals surface area (Å²) < 4.78 is 17.1. The van der Waals surface area contributed by atoms with E-state index in [0.29, 0.717) is 49.8 Å². The highest BCUT2D eigenvalue weighted by Crippen LogP contribution is 2.41. The van der Waals surface area contributed by atoms with Gasteiger partial charge >= 0.3 is 0 Å². The summed E-state index contributed by atoms with van der Waals surface area (Å²) in [5.41, 5.74) is 1.23. The van der Waals surface area contributed by atoms with E-state index in [1.165, 1.54) is 0 Å². The number of unbranched alkanes of at least 4 members (excludes halogenated alkanes) is 2. The van der Waals surface area contributed by atoms with Crippen molar-refractivity contribution in [2.75, 3.05) is 46.0 Å². The summed E-state index contributed by atoms with van der Waals surface area (Å²) in [6, 6.07) is 11.8. The van der Waals surface area contributed by atoms with Gasteiger partial charge in [-0.1, -0.05) is 45.7 Å². The summed E-state index contributed by atoms with van der Waals surface area (Å²) in [6.07, 6.45) is 3.94. The number of carbonyl (C=O) groups excluding carboxylic acids is 2. The molecule has 2 aliphatic rings. The van der Waals surface area contributed by atoms with Gasteiger partial charge in [0.05, 0.1) is 18.2 Å². The Labute approximate surface area is 231 Å². The van der Waals surface area contributed by atoms with Crippen molar-refractivity contribution in [1.29, 1.82) is 0 Å². The Morgan fingerprint density at radius 1 is 0.974 bits per heavy atom. The zero-order chi connectivity index (χ0) is 27.8. The van der Waals surface area contributed by atoms with E-state index in [0.717, 1.165) is 50.2 Å². The van der Waals surface area contributed by atoms with Crippen LogP contribution in [0.2, 0.25) is 0 Å². The molecule has 1 atom stereocenters. The van der Waals surface area contributed by atoms with Crippen LogP contribution >= 0.6 is 0 Å². The predicted octanol–water partition coefficient (Wildman–Crippen LogP) is 5.18. The number of fused-ring (bicyclic) bond motifs is 1. The lowest BCUT2D eigenvalue weighted by molar-refractivity contribution is -0.140. The van der Waals surface area contributed by atoms with Crippen LogP contribution in [0.5, 0.6) is 17.2 Å². The van der Waals surface area contributed by atoms with E-state index in [-0.39, 0.29) is 11.3 Å². The number of amides is 1. The third kappa shape index (κ3) is 6.56. The molecule has 1 saturated heterocycles. The lowest BCUT2D eigenvalue weighted by atomic mass is 9.95. The Morgan fingerprint density at radius 3 is 2.38 bits per heavy atom. The first-order chi connectivity index (χ1) is 19.0. The smallest absolute Gasteiger partial charge is 0.295 e. The van der Waals surface area contributed by atoms with Gasteiger partial charge in [0.25, 0.3) is 11.7 Å². The third-order valence-electron chi connectivity index (χ3n) is 7.34. The number of carbonyl (C=O) groups is 2. The number of hydrogen-bond acceptors (Lipinski definition) is 7. The number of nitrogens with zero attached hydrogens (tertiary/aromatic N) is 2. The minimum absolute atomic E-state index is 0.0798. The highest BCUT2D eigenvalue weighted by molar-refractivity contribution is 6.46. The Balaban J connectivity index is 1.66. The van der Waals surface area contributed by atoms with Crippen LogP contribution in [0.3, 0.4) is 0 Å². The molecule has 4 rings (SSSR count). The SMILES string of the molecule is CCCCCOc1ccc([C@@H]2C(=C(O)c3ccc4c(c3)OCCO4)C(=O)C(=O)N2CCCN(CC)CC)cc1. The molecule has 8 heteroatoms. The van der Waals surface area contributed by atoms with E-state index < -0.39 is 17.7 Å². The molecule has 0 spiro atoms. The largest absolute Gasteiger partial charge is 0.507 e. The molecule has 0 unspecified atom stereocenters. The van der Waals surface area contributed by atoms with Crippen LogP contribution in [0.1, 0.15) is 63.6 Å². The van der Waals surface area contributed by atoms with Gasteiger partial charge in [0.1, 0.15) is 24.7 Å². The average Bonchev–Trinajstić information content (AvgIpc) is 3.22. The average molecular weight is 537 g/mol. The lowest BCUT2D eigenvalue weighted by Crippen LogP contribution is -2.33. The van der Waals surface area contributed by atoms with Crippen LogP contribution in [-0.2, 0) is 9.59 Å². The number of ether oxygens (including phenoxy) is 3. The van der Waals surface area contributed by atoms with Gasteiger partial charge in [0, 0.05) is 12.1 Å². The number of likely N-dealkylation sites (tertiary alicyclic amines) is 1. The fourth-order valence-corrected chi connectivity index (χ4v) is 5.10. The first kappa shape index (κ1) is 28.5. The molecule has 2 aromatic carbocycles. The number of Topliss-reactive ketones (excluding diaryl/α,β-unsaturated/α-hetero) is 1. The van der Waals surface area contributed by atoms with E-state index in [1.54, 1.807) is 23.1 Å². The van der Waals surface area contributed by atoms with E-state index in [9.17, 15) is 14.7 Å². The molecule has 0 radical (unpaired) electrons. The van der Waals surface area contributed by atoms with Crippen LogP contribution in [0, 0.1) is 0 Å². The summed E-state index contributed by atoms with van der Waals surface area (Å²) in [4.78, 5) is 30.6. The van der Waals surface area contributed by atoms with Gasteiger partial charge in [-0.15, -0.1) is 0 Å². The number of aliphatic hydroxyl groups excluding tert-OH is 1. The maximum atomic E-state index is 13.4. The normalized spacial score (nSPS) is 18.2. The van der Waals surface area contributed by atoms with Crippen molar-refractivity contribution in [2.24, 2.45) is 0 Å². The number of rotatable bonds is 13. The highest BCUT2D eigenvalue weighted by Gasteiger charge is 2.45. The molecule has 1 N–H and O–H groups in total. The zero-order valence-corrected chi connectivity index (χ0v) is 23.3. The number of benzene rings is 2. The highest BCUT2D eigenvalue weighted by atomic mass is 16.6. The van der Waals surface area contributed by atoms with Crippen molar-refractivity contribution in [3.8, 4) is 17.2 Å². The molecule has 1 amide bonds. The Hall–Kier alpha value is -3.52. The van der Waals surface area contributed by atoms with E-state index >= 15 is 0 Å². The first-order valence-electron chi connectivity index (χ1n) is 14.1. The summed E-state index contributed by atoms with van der Waals surface area (Å²) in [7, 11) is 0. The summed E-state index contributed by atoms with van der Waals surface area (Å²) >= 11 is 0. The molecule has 0 aliphatic carbocycles. The topological polar surface area (TPSA) is 88.5 Å². The maximum absolute atomic E-state index is 13.4. The molecule has 0 bridgehead atoms. The second-order valence-electron chi connectivity index (χ2n) is 9.86. The zero-order valence-electron chi connectivity index (χ0n) is 23.3. The predicted molar refractivity (Wildman–Crippen MR) is 150 cm³/mol. The Kier molecular flexibility index (Phi) is 9.87. The fourth-order valence-electron chi connectivity index (χ4n) is 5.10. The maximum Gasteiger partial charge on any atom is 0.295 e. The van der Waals surface area contributed by atoms with Crippen molar-refractivity contribution >= 4 is 17.4 Å². The third-order valence-corrected chi connectivity index (χ3v) is 7.34. The van der Waals surface area contributed by atoms with Gasteiger partial charge in [0.2, 0.25) is 0 Å². The van der Waals surface area contributed by atoms with Crippen molar-refractivity contribution < 1.29 is 28.9 Å². The molecule has 0 aromatic heterocycles. The summed E-state index contributed by atoms with van der Waals surface area (Å²) in [5, 5.41) is 11.4. The molecule has 1 fully saturated rings. The first-order valence-corrected chi connectivity index (χ1v) is 14.1. The minimum atomic E-state index is -0.705. The molecule has 0 saturated carbocycles. The number of hydrogen-bond donors (Lipinski definition) is 1. The van der Waals surface area contributed by atoms with Crippen LogP contribution in [-0.4, -0.2) is 72.6 Å². The molecular weight excluding hydrogens is 496 g/mol. The van der Waals surface area contributed by atoms with E-state index in [4.69, 9.17) is 14.2 Å². The van der Waals surface area contributed by atoms with Gasteiger partial charge in [0.15, 0.2) is 11.5 Å².